The molecule has 4 rings (SSSR count). The Morgan fingerprint density at radius 2 is 1.93 bits per heavy atom. The minimum absolute atomic E-state index is 0.219. The SMILES string of the molecule is O=C(NCCc1ccc(-c2ccc(Cl)c(Cl)c2)o1)c1n[nH]c2ccccc12. The molecule has 2 aromatic carbocycles. The molecule has 1 amide bonds. The summed E-state index contributed by atoms with van der Waals surface area (Å²) in [6.07, 6.45) is 0.565. The van der Waals surface area contributed by atoms with E-state index in [2.05, 4.69) is 15.5 Å². The summed E-state index contributed by atoms with van der Waals surface area (Å²) in [4.78, 5) is 12.4. The van der Waals surface area contributed by atoms with Crippen molar-refractivity contribution in [1.29, 1.82) is 0 Å². The number of halogens is 2. The summed E-state index contributed by atoms with van der Waals surface area (Å²) in [6.45, 7) is 0.439. The van der Waals surface area contributed by atoms with E-state index in [-0.39, 0.29) is 5.91 Å². The van der Waals surface area contributed by atoms with Crippen molar-refractivity contribution in [3.63, 3.8) is 0 Å². The largest absolute Gasteiger partial charge is 0.461 e. The molecule has 0 unspecified atom stereocenters. The molecule has 27 heavy (non-hydrogen) atoms. The second kappa shape index (κ2) is 7.47. The van der Waals surface area contributed by atoms with Crippen LogP contribution in [0.2, 0.25) is 10.0 Å². The third kappa shape index (κ3) is 3.70. The van der Waals surface area contributed by atoms with Gasteiger partial charge in [0, 0.05) is 23.9 Å². The Hall–Kier alpha value is -2.76. The van der Waals surface area contributed by atoms with Crippen molar-refractivity contribution in [2.24, 2.45) is 0 Å². The Morgan fingerprint density at radius 3 is 2.78 bits per heavy atom. The molecule has 0 saturated carbocycles. The van der Waals surface area contributed by atoms with Crippen LogP contribution in [0, 0.1) is 0 Å². The summed E-state index contributed by atoms with van der Waals surface area (Å²) >= 11 is 12.0. The molecule has 0 spiro atoms. The number of aromatic nitrogens is 2. The Balaban J connectivity index is 1.39. The highest BCUT2D eigenvalue weighted by molar-refractivity contribution is 6.42. The van der Waals surface area contributed by atoms with Gasteiger partial charge in [-0.2, -0.15) is 5.10 Å². The van der Waals surface area contributed by atoms with E-state index in [0.29, 0.717) is 34.5 Å². The van der Waals surface area contributed by atoms with Crippen LogP contribution in [0.25, 0.3) is 22.2 Å². The highest BCUT2D eigenvalue weighted by Gasteiger charge is 2.13. The summed E-state index contributed by atoms with van der Waals surface area (Å²) in [5.74, 6) is 1.25. The molecule has 0 aliphatic rings. The van der Waals surface area contributed by atoms with E-state index in [4.69, 9.17) is 27.6 Å². The molecular formula is C20H15Cl2N3O2. The third-order valence-electron chi connectivity index (χ3n) is 4.21. The lowest BCUT2D eigenvalue weighted by Crippen LogP contribution is -2.26. The molecule has 7 heteroatoms. The zero-order valence-corrected chi connectivity index (χ0v) is 15.6. The monoisotopic (exact) mass is 399 g/mol. The first-order valence-electron chi connectivity index (χ1n) is 8.37. The van der Waals surface area contributed by atoms with Gasteiger partial charge in [-0.3, -0.25) is 9.89 Å². The predicted molar refractivity (Wildman–Crippen MR) is 106 cm³/mol. The molecule has 0 saturated heterocycles. The van der Waals surface area contributed by atoms with Gasteiger partial charge in [0.25, 0.3) is 5.91 Å². The standard InChI is InChI=1S/C20H15Cl2N3O2/c21-15-7-5-12(11-16(15)22)18-8-6-13(27-18)9-10-23-20(26)19-14-3-1-2-4-17(14)24-25-19/h1-8,11H,9-10H2,(H,23,26)(H,24,25). The van der Waals surface area contributed by atoms with E-state index in [1.165, 1.54) is 0 Å². The number of furan rings is 1. The second-order valence-electron chi connectivity index (χ2n) is 6.02. The smallest absolute Gasteiger partial charge is 0.272 e. The lowest BCUT2D eigenvalue weighted by molar-refractivity contribution is 0.0950. The van der Waals surface area contributed by atoms with Crippen LogP contribution in [0.15, 0.2) is 59.0 Å². The van der Waals surface area contributed by atoms with Gasteiger partial charge in [0.05, 0.1) is 15.6 Å². The number of nitrogens with zero attached hydrogens (tertiary/aromatic N) is 1. The van der Waals surface area contributed by atoms with Gasteiger partial charge in [0.2, 0.25) is 0 Å². The molecule has 2 aromatic heterocycles. The fourth-order valence-electron chi connectivity index (χ4n) is 2.84. The molecule has 5 nitrogen and oxygen atoms in total. The van der Waals surface area contributed by atoms with Gasteiger partial charge >= 0.3 is 0 Å². The van der Waals surface area contributed by atoms with Crippen LogP contribution >= 0.6 is 23.2 Å². The summed E-state index contributed by atoms with van der Waals surface area (Å²) in [5, 5.41) is 11.6. The number of benzene rings is 2. The first-order valence-corrected chi connectivity index (χ1v) is 9.13. The van der Waals surface area contributed by atoms with Crippen molar-refractivity contribution in [3.05, 3.63) is 76.1 Å². The van der Waals surface area contributed by atoms with Gasteiger partial charge in [-0.05, 0) is 36.4 Å². The average Bonchev–Trinajstić information content (AvgIpc) is 3.31. The van der Waals surface area contributed by atoms with E-state index in [1.54, 1.807) is 12.1 Å². The lowest BCUT2D eigenvalue weighted by Gasteiger charge is -2.03. The number of nitrogens with one attached hydrogen (secondary N) is 2. The van der Waals surface area contributed by atoms with Crippen molar-refractivity contribution < 1.29 is 9.21 Å². The number of carbonyl (C=O) groups excluding carboxylic acids is 1. The number of hydrogen-bond donors (Lipinski definition) is 2. The van der Waals surface area contributed by atoms with Gasteiger partial charge in [-0.1, -0.05) is 41.4 Å². The maximum Gasteiger partial charge on any atom is 0.272 e. The van der Waals surface area contributed by atoms with Crippen LogP contribution < -0.4 is 5.32 Å². The van der Waals surface area contributed by atoms with Crippen LogP contribution in [-0.4, -0.2) is 22.6 Å². The number of H-pyrrole nitrogens is 1. The number of fused-ring (bicyclic) bond motifs is 1. The van der Waals surface area contributed by atoms with Crippen LogP contribution in [-0.2, 0) is 6.42 Å². The number of rotatable bonds is 5. The number of amides is 1. The third-order valence-corrected chi connectivity index (χ3v) is 4.95. The fraction of sp³-hybridized carbons (Fsp3) is 0.100. The minimum Gasteiger partial charge on any atom is -0.461 e. The second-order valence-corrected chi connectivity index (χ2v) is 6.83. The van der Waals surface area contributed by atoms with Crippen LogP contribution in [0.3, 0.4) is 0 Å². The van der Waals surface area contributed by atoms with Gasteiger partial charge in [-0.25, -0.2) is 0 Å². The van der Waals surface area contributed by atoms with E-state index >= 15 is 0 Å². The Labute approximate surface area is 165 Å². The number of carbonyl (C=O) groups is 1. The quantitative estimate of drug-likeness (QED) is 0.490. The molecule has 0 aliphatic heterocycles. The molecule has 0 atom stereocenters. The summed E-state index contributed by atoms with van der Waals surface area (Å²) in [7, 11) is 0. The number of aromatic amines is 1. The van der Waals surface area contributed by atoms with Gasteiger partial charge in [0.15, 0.2) is 5.69 Å². The molecule has 0 fully saturated rings. The normalized spacial score (nSPS) is 11.0. The van der Waals surface area contributed by atoms with E-state index < -0.39 is 0 Å². The van der Waals surface area contributed by atoms with Gasteiger partial charge in [-0.15, -0.1) is 0 Å². The molecule has 0 bridgehead atoms. The molecule has 136 valence electrons. The Kier molecular flexibility index (Phi) is 4.88. The molecule has 2 N–H and O–H groups in total. The topological polar surface area (TPSA) is 70.9 Å². The number of hydrogen-bond acceptors (Lipinski definition) is 3. The highest BCUT2D eigenvalue weighted by Crippen LogP contribution is 2.29. The molecule has 0 aliphatic carbocycles. The van der Waals surface area contributed by atoms with Crippen molar-refractivity contribution in [2.45, 2.75) is 6.42 Å². The van der Waals surface area contributed by atoms with Crippen molar-refractivity contribution in [2.75, 3.05) is 6.54 Å². The van der Waals surface area contributed by atoms with E-state index in [0.717, 1.165) is 22.2 Å². The van der Waals surface area contributed by atoms with Crippen LogP contribution in [0.1, 0.15) is 16.2 Å². The summed E-state index contributed by atoms with van der Waals surface area (Å²) < 4.78 is 5.83. The lowest BCUT2D eigenvalue weighted by atomic mass is 10.2. The molecule has 0 radical (unpaired) electrons. The maximum atomic E-state index is 12.4. The summed E-state index contributed by atoms with van der Waals surface area (Å²) in [6, 6.07) is 16.6. The first-order chi connectivity index (χ1) is 13.1. The van der Waals surface area contributed by atoms with Crippen LogP contribution in [0.5, 0.6) is 0 Å². The van der Waals surface area contributed by atoms with Crippen molar-refractivity contribution >= 4 is 40.0 Å². The van der Waals surface area contributed by atoms with Gasteiger partial charge in [0.1, 0.15) is 11.5 Å². The molecule has 2 heterocycles. The first kappa shape index (κ1) is 17.6. The van der Waals surface area contributed by atoms with E-state index in [1.807, 2.05) is 42.5 Å². The fourth-order valence-corrected chi connectivity index (χ4v) is 3.13. The highest BCUT2D eigenvalue weighted by atomic mass is 35.5. The Bertz CT molecular complexity index is 1120. The van der Waals surface area contributed by atoms with Crippen molar-refractivity contribution in [1.82, 2.24) is 15.5 Å². The predicted octanol–water partition coefficient (Wildman–Crippen LogP) is 5.10. The van der Waals surface area contributed by atoms with Gasteiger partial charge < -0.3 is 9.73 Å². The number of para-hydroxylation sites is 1. The molecule has 4 aromatic rings. The average molecular weight is 400 g/mol. The van der Waals surface area contributed by atoms with Crippen molar-refractivity contribution in [3.8, 4) is 11.3 Å². The summed E-state index contributed by atoms with van der Waals surface area (Å²) in [5.41, 5.74) is 2.07. The van der Waals surface area contributed by atoms with Crippen LogP contribution in [0.4, 0.5) is 0 Å². The Morgan fingerprint density at radius 1 is 1.07 bits per heavy atom. The maximum absolute atomic E-state index is 12.4. The zero-order chi connectivity index (χ0) is 18.8. The molecular weight excluding hydrogens is 385 g/mol. The zero-order valence-electron chi connectivity index (χ0n) is 14.1. The van der Waals surface area contributed by atoms with E-state index in [9.17, 15) is 4.79 Å². The minimum atomic E-state index is -0.219.